The zero-order chi connectivity index (χ0) is 14.6. The van der Waals surface area contributed by atoms with Crippen LogP contribution < -0.4 is 10.5 Å². The van der Waals surface area contributed by atoms with Crippen LogP contribution in [0.2, 0.25) is 0 Å². The van der Waals surface area contributed by atoms with Crippen LogP contribution in [-0.4, -0.2) is 48.5 Å². The van der Waals surface area contributed by atoms with E-state index in [-0.39, 0.29) is 5.92 Å². The quantitative estimate of drug-likeness (QED) is 0.738. The number of aryl methyl sites for hydroxylation is 1. The van der Waals surface area contributed by atoms with Gasteiger partial charge in [0.2, 0.25) is 0 Å². The van der Waals surface area contributed by atoms with Crippen LogP contribution in [0.5, 0.6) is 0 Å². The molecule has 0 saturated carbocycles. The SMILES string of the molecule is Cn1ccnc1CCNS(=O)(=O)N1CCCC(CN)C1. The Hall–Kier alpha value is -0.960. The first kappa shape index (κ1) is 15.4. The number of rotatable bonds is 6. The fourth-order valence-corrected chi connectivity index (χ4v) is 3.78. The number of nitrogens with zero attached hydrogens (tertiary/aromatic N) is 3. The summed E-state index contributed by atoms with van der Waals surface area (Å²) in [5.41, 5.74) is 5.64. The first-order valence-electron chi connectivity index (χ1n) is 6.94. The second kappa shape index (κ2) is 6.66. The van der Waals surface area contributed by atoms with Crippen LogP contribution in [0, 0.1) is 5.92 Å². The average molecular weight is 301 g/mol. The molecule has 0 spiro atoms. The molecular weight excluding hydrogens is 278 g/mol. The van der Waals surface area contributed by atoms with Gasteiger partial charge in [-0.15, -0.1) is 0 Å². The van der Waals surface area contributed by atoms with E-state index in [4.69, 9.17) is 5.73 Å². The van der Waals surface area contributed by atoms with E-state index in [1.807, 2.05) is 17.8 Å². The molecule has 1 aromatic heterocycles. The van der Waals surface area contributed by atoms with Crippen molar-refractivity contribution in [3.8, 4) is 0 Å². The molecule has 8 heteroatoms. The fourth-order valence-electron chi connectivity index (χ4n) is 2.46. The maximum atomic E-state index is 12.2. The van der Waals surface area contributed by atoms with Crippen LogP contribution in [0.25, 0.3) is 0 Å². The number of hydrogen-bond acceptors (Lipinski definition) is 4. The van der Waals surface area contributed by atoms with Crippen molar-refractivity contribution in [1.82, 2.24) is 18.6 Å². The number of aromatic nitrogens is 2. The minimum absolute atomic E-state index is 0.273. The molecular formula is C12H23N5O2S. The van der Waals surface area contributed by atoms with Gasteiger partial charge in [0.15, 0.2) is 0 Å². The Kier molecular flexibility index (Phi) is 5.14. The first-order chi connectivity index (χ1) is 9.53. The maximum Gasteiger partial charge on any atom is 0.279 e. The highest BCUT2D eigenvalue weighted by atomic mass is 32.2. The van der Waals surface area contributed by atoms with E-state index in [0.717, 1.165) is 18.7 Å². The first-order valence-corrected chi connectivity index (χ1v) is 8.38. The van der Waals surface area contributed by atoms with Crippen molar-refractivity contribution in [2.45, 2.75) is 19.3 Å². The Morgan fingerprint density at radius 3 is 3.00 bits per heavy atom. The van der Waals surface area contributed by atoms with Crippen molar-refractivity contribution in [2.24, 2.45) is 18.7 Å². The Balaban J connectivity index is 1.86. The highest BCUT2D eigenvalue weighted by molar-refractivity contribution is 7.87. The summed E-state index contributed by atoms with van der Waals surface area (Å²) in [7, 11) is -1.51. The molecule has 114 valence electrons. The monoisotopic (exact) mass is 301 g/mol. The molecule has 7 nitrogen and oxygen atoms in total. The van der Waals surface area contributed by atoms with E-state index < -0.39 is 10.2 Å². The van der Waals surface area contributed by atoms with Crippen molar-refractivity contribution < 1.29 is 8.42 Å². The van der Waals surface area contributed by atoms with Crippen LogP contribution in [0.15, 0.2) is 12.4 Å². The Morgan fingerprint density at radius 2 is 2.35 bits per heavy atom. The van der Waals surface area contributed by atoms with Gasteiger partial charge in [0, 0.05) is 45.5 Å². The van der Waals surface area contributed by atoms with Gasteiger partial charge in [-0.2, -0.15) is 12.7 Å². The van der Waals surface area contributed by atoms with Gasteiger partial charge in [-0.05, 0) is 25.3 Å². The molecule has 0 bridgehead atoms. The van der Waals surface area contributed by atoms with Gasteiger partial charge in [0.1, 0.15) is 5.82 Å². The van der Waals surface area contributed by atoms with E-state index in [1.54, 1.807) is 6.20 Å². The number of piperidine rings is 1. The second-order valence-electron chi connectivity index (χ2n) is 5.21. The van der Waals surface area contributed by atoms with Gasteiger partial charge < -0.3 is 10.3 Å². The number of nitrogens with two attached hydrogens (primary N) is 1. The van der Waals surface area contributed by atoms with Gasteiger partial charge >= 0.3 is 0 Å². The minimum Gasteiger partial charge on any atom is -0.338 e. The van der Waals surface area contributed by atoms with E-state index in [1.165, 1.54) is 4.31 Å². The van der Waals surface area contributed by atoms with Crippen molar-refractivity contribution in [1.29, 1.82) is 0 Å². The number of imidazole rings is 1. The lowest BCUT2D eigenvalue weighted by molar-refractivity contribution is 0.269. The van der Waals surface area contributed by atoms with Gasteiger partial charge in [0.05, 0.1) is 0 Å². The molecule has 1 saturated heterocycles. The summed E-state index contributed by atoms with van der Waals surface area (Å²) in [6.07, 6.45) is 6.02. The molecule has 20 heavy (non-hydrogen) atoms. The summed E-state index contributed by atoms with van der Waals surface area (Å²) in [6, 6.07) is 0. The van der Waals surface area contributed by atoms with Crippen molar-refractivity contribution in [3.05, 3.63) is 18.2 Å². The molecule has 0 aliphatic carbocycles. The summed E-state index contributed by atoms with van der Waals surface area (Å²) in [5, 5.41) is 0. The second-order valence-corrected chi connectivity index (χ2v) is 6.96. The van der Waals surface area contributed by atoms with E-state index in [9.17, 15) is 8.42 Å². The molecule has 0 aromatic carbocycles. The van der Waals surface area contributed by atoms with Crippen molar-refractivity contribution in [3.63, 3.8) is 0 Å². The van der Waals surface area contributed by atoms with Gasteiger partial charge in [-0.25, -0.2) is 9.71 Å². The van der Waals surface area contributed by atoms with Crippen LogP contribution >= 0.6 is 0 Å². The van der Waals surface area contributed by atoms with E-state index >= 15 is 0 Å². The van der Waals surface area contributed by atoms with Crippen LogP contribution in [0.1, 0.15) is 18.7 Å². The third-order valence-corrected chi connectivity index (χ3v) is 5.29. The van der Waals surface area contributed by atoms with Crippen molar-refractivity contribution in [2.75, 3.05) is 26.2 Å². The summed E-state index contributed by atoms with van der Waals surface area (Å²) in [5.74, 6) is 1.14. The highest BCUT2D eigenvalue weighted by Crippen LogP contribution is 2.17. The van der Waals surface area contributed by atoms with Gasteiger partial charge in [-0.1, -0.05) is 0 Å². The molecule has 1 fully saturated rings. The van der Waals surface area contributed by atoms with E-state index in [0.29, 0.717) is 32.6 Å². The zero-order valence-electron chi connectivity index (χ0n) is 11.8. The Bertz CT molecular complexity index is 528. The lowest BCUT2D eigenvalue weighted by Gasteiger charge is -2.31. The summed E-state index contributed by atoms with van der Waals surface area (Å²) in [6.45, 7) is 2.00. The predicted molar refractivity (Wildman–Crippen MR) is 77.2 cm³/mol. The molecule has 2 rings (SSSR count). The van der Waals surface area contributed by atoms with E-state index in [2.05, 4.69) is 9.71 Å². The molecule has 1 aromatic rings. The van der Waals surface area contributed by atoms with Gasteiger partial charge in [-0.3, -0.25) is 0 Å². The standard InChI is InChI=1S/C12H23N5O2S/c1-16-8-6-14-12(16)4-5-15-20(18,19)17-7-2-3-11(9-13)10-17/h6,8,11,15H,2-5,7,9-10,13H2,1H3. The van der Waals surface area contributed by atoms with Crippen LogP contribution in [0.3, 0.4) is 0 Å². The third kappa shape index (κ3) is 3.78. The lowest BCUT2D eigenvalue weighted by atomic mass is 10.0. The number of nitrogens with one attached hydrogen (secondary N) is 1. The average Bonchev–Trinajstić information content (AvgIpc) is 2.84. The van der Waals surface area contributed by atoms with Crippen molar-refractivity contribution >= 4 is 10.2 Å². The highest BCUT2D eigenvalue weighted by Gasteiger charge is 2.27. The Labute approximate surface area is 120 Å². The van der Waals surface area contributed by atoms with Crippen LogP contribution in [-0.2, 0) is 23.7 Å². The summed E-state index contributed by atoms with van der Waals surface area (Å²) >= 11 is 0. The minimum atomic E-state index is -3.40. The predicted octanol–water partition coefficient (Wildman–Crippen LogP) is -0.532. The molecule has 1 unspecified atom stereocenters. The fraction of sp³-hybridized carbons (Fsp3) is 0.750. The molecule has 1 aliphatic rings. The number of hydrogen-bond donors (Lipinski definition) is 2. The summed E-state index contributed by atoms with van der Waals surface area (Å²) in [4.78, 5) is 4.17. The third-order valence-electron chi connectivity index (χ3n) is 3.71. The smallest absolute Gasteiger partial charge is 0.279 e. The topological polar surface area (TPSA) is 93.2 Å². The largest absolute Gasteiger partial charge is 0.338 e. The molecule has 3 N–H and O–H groups in total. The molecule has 0 radical (unpaired) electrons. The molecule has 2 heterocycles. The zero-order valence-corrected chi connectivity index (χ0v) is 12.6. The molecule has 1 aliphatic heterocycles. The van der Waals surface area contributed by atoms with Crippen LogP contribution in [0.4, 0.5) is 0 Å². The maximum absolute atomic E-state index is 12.2. The Morgan fingerprint density at radius 1 is 1.55 bits per heavy atom. The molecule has 0 amide bonds. The normalized spacial score (nSPS) is 21.2. The molecule has 1 atom stereocenters. The van der Waals surface area contributed by atoms with Gasteiger partial charge in [0.25, 0.3) is 10.2 Å². The summed E-state index contributed by atoms with van der Waals surface area (Å²) < 4.78 is 30.5. The lowest BCUT2D eigenvalue weighted by Crippen LogP contribution is -2.47.